The van der Waals surface area contributed by atoms with Crippen LogP contribution in [0.4, 0.5) is 17.6 Å². The van der Waals surface area contributed by atoms with Crippen LogP contribution in [0.15, 0.2) is 67.1 Å². The van der Waals surface area contributed by atoms with Crippen molar-refractivity contribution in [1.82, 2.24) is 15.1 Å². The fourth-order valence-corrected chi connectivity index (χ4v) is 2.83. The maximum Gasteiger partial charge on any atom is 0.416 e. The zero-order chi connectivity index (χ0) is 21.2. The van der Waals surface area contributed by atoms with Gasteiger partial charge in [0.05, 0.1) is 11.3 Å². The third-order valence-electron chi connectivity index (χ3n) is 4.33. The molecule has 1 amide bonds. The lowest BCUT2D eigenvalue weighted by atomic mass is 9.96. The van der Waals surface area contributed by atoms with Gasteiger partial charge in [0, 0.05) is 25.4 Å². The molecular weight excluding hydrogens is 386 g/mol. The molecule has 3 aromatic rings. The van der Waals surface area contributed by atoms with Gasteiger partial charge in [-0.2, -0.15) is 18.3 Å². The van der Waals surface area contributed by atoms with E-state index in [1.54, 1.807) is 42.2 Å². The topological polar surface area (TPSA) is 46.9 Å². The number of aryl methyl sites for hydroxylation is 1. The number of halogens is 4. The average molecular weight is 403 g/mol. The van der Waals surface area contributed by atoms with E-state index in [1.807, 2.05) is 0 Å². The molecule has 0 radical (unpaired) electrons. The van der Waals surface area contributed by atoms with E-state index in [1.165, 1.54) is 12.1 Å². The summed E-state index contributed by atoms with van der Waals surface area (Å²) in [7, 11) is 1.75. The van der Waals surface area contributed by atoms with Gasteiger partial charge >= 0.3 is 6.18 Å². The largest absolute Gasteiger partial charge is 0.416 e. The Balaban J connectivity index is 1.98. The van der Waals surface area contributed by atoms with E-state index in [0.717, 1.165) is 12.1 Å². The van der Waals surface area contributed by atoms with Crippen molar-refractivity contribution in [1.29, 1.82) is 0 Å². The van der Waals surface area contributed by atoms with Crippen molar-refractivity contribution < 1.29 is 22.4 Å². The maximum absolute atomic E-state index is 12.9. The summed E-state index contributed by atoms with van der Waals surface area (Å²) in [5, 5.41) is 6.77. The number of carbonyl (C=O) groups excluding carboxylic acids is 1. The van der Waals surface area contributed by atoms with Gasteiger partial charge in [0.25, 0.3) is 5.91 Å². The Labute approximate surface area is 164 Å². The quantitative estimate of drug-likeness (QED) is 0.488. The molecule has 4 nitrogen and oxygen atoms in total. The van der Waals surface area contributed by atoms with E-state index in [2.05, 4.69) is 17.0 Å². The van der Waals surface area contributed by atoms with E-state index in [9.17, 15) is 22.4 Å². The van der Waals surface area contributed by atoms with Crippen molar-refractivity contribution in [3.05, 3.63) is 78.3 Å². The van der Waals surface area contributed by atoms with Crippen LogP contribution in [0.1, 0.15) is 11.1 Å². The highest BCUT2D eigenvalue weighted by Crippen LogP contribution is 2.33. The molecular formula is C21H17F4N3O. The average Bonchev–Trinajstić information content (AvgIpc) is 3.11. The molecule has 0 saturated carbocycles. The van der Waals surface area contributed by atoms with Gasteiger partial charge in [-0.1, -0.05) is 30.8 Å². The first kappa shape index (κ1) is 20.3. The molecule has 0 aliphatic heterocycles. The van der Waals surface area contributed by atoms with Gasteiger partial charge in [-0.15, -0.1) is 0 Å². The molecule has 0 aliphatic carbocycles. The van der Waals surface area contributed by atoms with Gasteiger partial charge in [0.15, 0.2) is 5.83 Å². The number of nitrogens with one attached hydrogen (secondary N) is 1. The molecule has 0 unspecified atom stereocenters. The monoisotopic (exact) mass is 403 g/mol. The van der Waals surface area contributed by atoms with Crippen LogP contribution >= 0.6 is 0 Å². The first-order chi connectivity index (χ1) is 13.6. The molecule has 0 saturated heterocycles. The molecule has 29 heavy (non-hydrogen) atoms. The molecule has 2 aromatic carbocycles. The summed E-state index contributed by atoms with van der Waals surface area (Å²) < 4.78 is 52.9. The minimum atomic E-state index is -4.40. The van der Waals surface area contributed by atoms with Crippen molar-refractivity contribution in [3.63, 3.8) is 0 Å². The predicted molar refractivity (Wildman–Crippen MR) is 101 cm³/mol. The normalized spacial score (nSPS) is 11.3. The van der Waals surface area contributed by atoms with Crippen LogP contribution < -0.4 is 5.32 Å². The van der Waals surface area contributed by atoms with Crippen LogP contribution in [0.3, 0.4) is 0 Å². The van der Waals surface area contributed by atoms with Gasteiger partial charge in [-0.05, 0) is 41.0 Å². The van der Waals surface area contributed by atoms with Crippen molar-refractivity contribution in [2.75, 3.05) is 0 Å². The summed E-state index contributed by atoms with van der Waals surface area (Å²) >= 11 is 0. The number of hydrogen-bond donors (Lipinski definition) is 1. The van der Waals surface area contributed by atoms with Crippen molar-refractivity contribution in [2.45, 2.75) is 12.7 Å². The van der Waals surface area contributed by atoms with Gasteiger partial charge in [0.1, 0.15) is 0 Å². The molecule has 0 fully saturated rings. The number of alkyl halides is 3. The van der Waals surface area contributed by atoms with Gasteiger partial charge in [-0.25, -0.2) is 4.39 Å². The Morgan fingerprint density at radius 1 is 1.10 bits per heavy atom. The van der Waals surface area contributed by atoms with Crippen LogP contribution in [-0.2, 0) is 24.6 Å². The molecule has 0 spiro atoms. The Bertz CT molecular complexity index is 1050. The number of carbonyl (C=O) groups is 1. The lowest BCUT2D eigenvalue weighted by Crippen LogP contribution is -2.23. The highest BCUT2D eigenvalue weighted by molar-refractivity contribution is 5.90. The van der Waals surface area contributed by atoms with Crippen molar-refractivity contribution in [3.8, 4) is 22.4 Å². The zero-order valence-electron chi connectivity index (χ0n) is 15.4. The molecule has 0 bridgehead atoms. The Morgan fingerprint density at radius 2 is 1.76 bits per heavy atom. The number of hydrogen-bond acceptors (Lipinski definition) is 2. The lowest BCUT2D eigenvalue weighted by molar-refractivity contribution is -0.137. The SMILES string of the molecule is C=C(F)C(=O)NCc1ccc(-c2ccc(C(F)(F)F)cc2)cc1-c1ccn(C)n1. The highest BCUT2D eigenvalue weighted by Gasteiger charge is 2.30. The van der Waals surface area contributed by atoms with Crippen LogP contribution in [0, 0.1) is 0 Å². The predicted octanol–water partition coefficient (Wildman–Crippen LogP) is 4.87. The van der Waals surface area contributed by atoms with Crippen LogP contribution in [0.2, 0.25) is 0 Å². The van der Waals surface area contributed by atoms with Gasteiger partial charge in [0.2, 0.25) is 0 Å². The maximum atomic E-state index is 12.9. The second-order valence-electron chi connectivity index (χ2n) is 6.41. The second kappa shape index (κ2) is 7.90. The van der Waals surface area contributed by atoms with E-state index in [-0.39, 0.29) is 6.54 Å². The van der Waals surface area contributed by atoms with Crippen LogP contribution in [0.25, 0.3) is 22.4 Å². The number of benzene rings is 2. The van der Waals surface area contributed by atoms with E-state index in [4.69, 9.17) is 0 Å². The van der Waals surface area contributed by atoms with Gasteiger partial charge < -0.3 is 5.32 Å². The van der Waals surface area contributed by atoms with Crippen molar-refractivity contribution in [2.24, 2.45) is 7.05 Å². The van der Waals surface area contributed by atoms with Gasteiger partial charge in [-0.3, -0.25) is 9.48 Å². The molecule has 8 heteroatoms. The number of aromatic nitrogens is 2. The molecule has 1 heterocycles. The number of rotatable bonds is 5. The van der Waals surface area contributed by atoms with E-state index in [0.29, 0.717) is 27.9 Å². The number of nitrogens with zero attached hydrogens (tertiary/aromatic N) is 2. The lowest BCUT2D eigenvalue weighted by Gasteiger charge is -2.12. The molecule has 1 N–H and O–H groups in total. The Morgan fingerprint density at radius 3 is 2.31 bits per heavy atom. The summed E-state index contributed by atoms with van der Waals surface area (Å²) in [5.41, 5.74) is 2.52. The number of amides is 1. The van der Waals surface area contributed by atoms with Crippen LogP contribution in [-0.4, -0.2) is 15.7 Å². The highest BCUT2D eigenvalue weighted by atomic mass is 19.4. The molecule has 3 rings (SSSR count). The first-order valence-corrected chi connectivity index (χ1v) is 8.58. The summed E-state index contributed by atoms with van der Waals surface area (Å²) in [6.45, 7) is 3.00. The van der Waals surface area contributed by atoms with E-state index < -0.39 is 23.5 Å². The van der Waals surface area contributed by atoms with Crippen molar-refractivity contribution >= 4 is 5.91 Å². The molecule has 1 aromatic heterocycles. The minimum absolute atomic E-state index is 0.0426. The smallest absolute Gasteiger partial charge is 0.346 e. The second-order valence-corrected chi connectivity index (χ2v) is 6.41. The summed E-state index contributed by atoms with van der Waals surface area (Å²) in [4.78, 5) is 11.5. The van der Waals surface area contributed by atoms with Crippen LogP contribution in [0.5, 0.6) is 0 Å². The summed E-state index contributed by atoms with van der Waals surface area (Å²) in [5.74, 6) is -2.01. The Hall–Kier alpha value is -3.42. The third-order valence-corrected chi connectivity index (χ3v) is 4.33. The summed E-state index contributed by atoms with van der Waals surface area (Å²) in [6, 6.07) is 11.8. The molecule has 0 aliphatic rings. The molecule has 150 valence electrons. The fourth-order valence-electron chi connectivity index (χ4n) is 2.83. The fraction of sp³-hybridized carbons (Fsp3) is 0.143. The Kier molecular flexibility index (Phi) is 5.54. The van der Waals surface area contributed by atoms with E-state index >= 15 is 0 Å². The summed E-state index contributed by atoms with van der Waals surface area (Å²) in [6.07, 6.45) is -2.66. The zero-order valence-corrected chi connectivity index (χ0v) is 15.4. The molecule has 0 atom stereocenters. The first-order valence-electron chi connectivity index (χ1n) is 8.58. The third kappa shape index (κ3) is 4.71. The standard InChI is InChI=1S/C21H17F4N3O/c1-13(22)20(29)26-12-16-4-3-15(11-18(16)19-9-10-28(2)27-19)14-5-7-17(8-6-14)21(23,24)25/h3-11H,1,12H2,2H3,(H,26,29). The minimum Gasteiger partial charge on any atom is -0.346 e.